The molecule has 1 unspecified atom stereocenters. The van der Waals surface area contributed by atoms with Gasteiger partial charge in [-0.15, -0.1) is 0 Å². The van der Waals surface area contributed by atoms with Crippen LogP contribution in [0.5, 0.6) is 0 Å². The molecular formula is C14H16F2N2O. The standard InChI is InChI=1S/C14H16F2N2O/c1-17(2)11-4-3-8-7-10(15)12(16)9-5-6-18(13(8)9)14(11)19/h7,11H,3-6H2,1-2H3. The Labute approximate surface area is 110 Å². The molecule has 1 aromatic rings. The van der Waals surface area contributed by atoms with E-state index in [-0.39, 0.29) is 11.9 Å². The normalized spacial score (nSPS) is 21.8. The number of carbonyl (C=O) groups is 1. The summed E-state index contributed by atoms with van der Waals surface area (Å²) in [5, 5.41) is 0. The highest BCUT2D eigenvalue weighted by Gasteiger charge is 2.37. The molecule has 0 saturated heterocycles. The van der Waals surface area contributed by atoms with E-state index in [0.29, 0.717) is 37.1 Å². The van der Waals surface area contributed by atoms with Crippen molar-refractivity contribution in [1.29, 1.82) is 0 Å². The van der Waals surface area contributed by atoms with Crippen LogP contribution in [0.2, 0.25) is 0 Å². The van der Waals surface area contributed by atoms with E-state index in [0.717, 1.165) is 5.56 Å². The van der Waals surface area contributed by atoms with E-state index in [1.165, 1.54) is 6.07 Å². The van der Waals surface area contributed by atoms with E-state index in [9.17, 15) is 13.6 Å². The smallest absolute Gasteiger partial charge is 0.244 e. The molecule has 5 heteroatoms. The van der Waals surface area contributed by atoms with Gasteiger partial charge in [-0.05, 0) is 45.0 Å². The first-order valence-electron chi connectivity index (χ1n) is 6.48. The van der Waals surface area contributed by atoms with Crippen LogP contribution in [0.1, 0.15) is 17.5 Å². The molecule has 0 bridgehead atoms. The number of amides is 1. The lowest BCUT2D eigenvalue weighted by atomic mass is 10.0. The minimum absolute atomic E-state index is 0.00601. The quantitative estimate of drug-likeness (QED) is 0.773. The molecule has 0 radical (unpaired) electrons. The molecule has 2 heterocycles. The number of rotatable bonds is 1. The van der Waals surface area contributed by atoms with Crippen LogP contribution >= 0.6 is 0 Å². The Balaban J connectivity index is 2.13. The minimum atomic E-state index is -0.800. The molecule has 2 aliphatic heterocycles. The van der Waals surface area contributed by atoms with Gasteiger partial charge in [0.05, 0.1) is 11.7 Å². The zero-order valence-electron chi connectivity index (χ0n) is 11.0. The number of halogens is 2. The molecule has 1 amide bonds. The number of benzene rings is 1. The fourth-order valence-corrected chi connectivity index (χ4v) is 3.11. The van der Waals surface area contributed by atoms with Crippen molar-refractivity contribution in [3.63, 3.8) is 0 Å². The molecule has 102 valence electrons. The lowest BCUT2D eigenvalue weighted by Crippen LogP contribution is -2.44. The molecule has 0 N–H and O–H groups in total. The Morgan fingerprint density at radius 2 is 2.05 bits per heavy atom. The number of carbonyl (C=O) groups excluding carboxylic acids is 1. The Morgan fingerprint density at radius 1 is 1.32 bits per heavy atom. The summed E-state index contributed by atoms with van der Waals surface area (Å²) < 4.78 is 27.4. The number of nitrogens with zero attached hydrogens (tertiary/aromatic N) is 2. The fraction of sp³-hybridized carbons (Fsp3) is 0.500. The van der Waals surface area contributed by atoms with Crippen LogP contribution in [0.4, 0.5) is 14.5 Å². The molecule has 2 aliphatic rings. The SMILES string of the molecule is CN(C)C1CCc2cc(F)c(F)c3c2N(CC3)C1=O. The molecule has 0 fully saturated rings. The first-order chi connectivity index (χ1) is 9.00. The van der Waals surface area contributed by atoms with Gasteiger partial charge in [-0.1, -0.05) is 0 Å². The van der Waals surface area contributed by atoms with Gasteiger partial charge in [0, 0.05) is 12.1 Å². The van der Waals surface area contributed by atoms with Gasteiger partial charge in [0.1, 0.15) is 0 Å². The van der Waals surface area contributed by atoms with E-state index < -0.39 is 11.6 Å². The minimum Gasteiger partial charge on any atom is -0.310 e. The summed E-state index contributed by atoms with van der Waals surface area (Å²) in [4.78, 5) is 16.0. The molecule has 0 aliphatic carbocycles. The van der Waals surface area contributed by atoms with Crippen LogP contribution in [0.25, 0.3) is 0 Å². The number of likely N-dealkylation sites (N-methyl/N-ethyl adjacent to an activating group) is 1. The Kier molecular flexibility index (Phi) is 2.82. The zero-order valence-corrected chi connectivity index (χ0v) is 11.0. The number of anilines is 1. The first-order valence-corrected chi connectivity index (χ1v) is 6.48. The van der Waals surface area contributed by atoms with E-state index >= 15 is 0 Å². The molecule has 3 nitrogen and oxygen atoms in total. The third kappa shape index (κ3) is 1.75. The van der Waals surface area contributed by atoms with Gasteiger partial charge in [0.2, 0.25) is 5.91 Å². The molecule has 0 saturated carbocycles. The molecule has 3 rings (SSSR count). The fourth-order valence-electron chi connectivity index (χ4n) is 3.11. The number of hydrogen-bond donors (Lipinski definition) is 0. The van der Waals surface area contributed by atoms with Crippen LogP contribution in [-0.4, -0.2) is 37.5 Å². The summed E-state index contributed by atoms with van der Waals surface area (Å²) in [6, 6.07) is 1.03. The average Bonchev–Trinajstić information content (AvgIpc) is 2.74. The highest BCUT2D eigenvalue weighted by molar-refractivity contribution is 6.00. The van der Waals surface area contributed by atoms with Crippen molar-refractivity contribution in [3.05, 3.63) is 28.8 Å². The molecular weight excluding hydrogens is 250 g/mol. The van der Waals surface area contributed by atoms with E-state index in [1.54, 1.807) is 4.90 Å². The van der Waals surface area contributed by atoms with Crippen molar-refractivity contribution in [3.8, 4) is 0 Å². The Morgan fingerprint density at radius 3 is 2.74 bits per heavy atom. The van der Waals surface area contributed by atoms with Crippen LogP contribution < -0.4 is 4.90 Å². The summed E-state index contributed by atoms with van der Waals surface area (Å²) in [6.45, 7) is 0.450. The third-order valence-corrected chi connectivity index (χ3v) is 4.08. The van der Waals surface area contributed by atoms with E-state index in [1.807, 2.05) is 19.0 Å². The van der Waals surface area contributed by atoms with Crippen molar-refractivity contribution in [1.82, 2.24) is 4.90 Å². The van der Waals surface area contributed by atoms with Gasteiger partial charge < -0.3 is 4.90 Å². The second-order valence-corrected chi connectivity index (χ2v) is 5.42. The largest absolute Gasteiger partial charge is 0.310 e. The van der Waals surface area contributed by atoms with E-state index in [2.05, 4.69) is 0 Å². The molecule has 1 atom stereocenters. The summed E-state index contributed by atoms with van der Waals surface area (Å²) in [7, 11) is 3.72. The maximum atomic E-state index is 13.8. The van der Waals surface area contributed by atoms with Gasteiger partial charge in [-0.2, -0.15) is 0 Å². The molecule has 19 heavy (non-hydrogen) atoms. The van der Waals surface area contributed by atoms with Gasteiger partial charge in [0.25, 0.3) is 0 Å². The molecule has 0 aromatic heterocycles. The van der Waals surface area contributed by atoms with Gasteiger partial charge in [-0.3, -0.25) is 9.69 Å². The number of hydrogen-bond acceptors (Lipinski definition) is 2. The van der Waals surface area contributed by atoms with Crippen molar-refractivity contribution in [2.75, 3.05) is 25.5 Å². The Hall–Kier alpha value is -1.49. The van der Waals surface area contributed by atoms with Gasteiger partial charge >= 0.3 is 0 Å². The van der Waals surface area contributed by atoms with Crippen LogP contribution in [0.15, 0.2) is 6.07 Å². The summed E-state index contributed by atoms with van der Waals surface area (Å²) in [5.41, 5.74) is 1.74. The number of aryl methyl sites for hydroxylation is 1. The van der Waals surface area contributed by atoms with Crippen molar-refractivity contribution in [2.24, 2.45) is 0 Å². The summed E-state index contributed by atoms with van der Waals surface area (Å²) in [6.07, 6.45) is 1.64. The van der Waals surface area contributed by atoms with Crippen LogP contribution in [0, 0.1) is 11.6 Å². The lowest BCUT2D eigenvalue weighted by Gasteiger charge is -2.25. The second-order valence-electron chi connectivity index (χ2n) is 5.42. The van der Waals surface area contributed by atoms with Crippen LogP contribution in [0.3, 0.4) is 0 Å². The van der Waals surface area contributed by atoms with Gasteiger partial charge in [0.15, 0.2) is 11.6 Å². The monoisotopic (exact) mass is 266 g/mol. The lowest BCUT2D eigenvalue weighted by molar-refractivity contribution is -0.122. The maximum absolute atomic E-state index is 13.8. The van der Waals surface area contributed by atoms with Crippen molar-refractivity contribution < 1.29 is 13.6 Å². The second kappa shape index (κ2) is 4.27. The maximum Gasteiger partial charge on any atom is 0.244 e. The Bertz CT molecular complexity index is 557. The predicted molar refractivity (Wildman–Crippen MR) is 68.2 cm³/mol. The molecule has 0 spiro atoms. The summed E-state index contributed by atoms with van der Waals surface area (Å²) in [5.74, 6) is -1.60. The van der Waals surface area contributed by atoms with Crippen molar-refractivity contribution in [2.45, 2.75) is 25.3 Å². The molecule has 1 aromatic carbocycles. The summed E-state index contributed by atoms with van der Waals surface area (Å²) >= 11 is 0. The highest BCUT2D eigenvalue weighted by atomic mass is 19.2. The van der Waals surface area contributed by atoms with Gasteiger partial charge in [-0.25, -0.2) is 8.78 Å². The average molecular weight is 266 g/mol. The van der Waals surface area contributed by atoms with Crippen LogP contribution in [-0.2, 0) is 17.6 Å². The van der Waals surface area contributed by atoms with E-state index in [4.69, 9.17) is 0 Å². The zero-order chi connectivity index (χ0) is 13.7. The van der Waals surface area contributed by atoms with Crippen molar-refractivity contribution >= 4 is 11.6 Å². The first kappa shape index (κ1) is 12.5. The third-order valence-electron chi connectivity index (χ3n) is 4.08. The predicted octanol–water partition coefficient (Wildman–Crippen LogP) is 1.73. The topological polar surface area (TPSA) is 23.6 Å². The highest BCUT2D eigenvalue weighted by Crippen LogP contribution is 2.38.